The van der Waals surface area contributed by atoms with Crippen LogP contribution < -0.4 is 0 Å². The van der Waals surface area contributed by atoms with Crippen LogP contribution in [0.1, 0.15) is 48.3 Å². The van der Waals surface area contributed by atoms with Crippen LogP contribution in [-0.2, 0) is 9.47 Å². The van der Waals surface area contributed by atoms with E-state index in [1.165, 1.54) is 6.07 Å². The molecule has 140 valence electrons. The second-order valence-electron chi connectivity index (χ2n) is 6.87. The van der Waals surface area contributed by atoms with E-state index in [1.54, 1.807) is 6.07 Å². The van der Waals surface area contributed by atoms with E-state index < -0.39 is 0 Å². The van der Waals surface area contributed by atoms with Crippen molar-refractivity contribution in [2.24, 2.45) is 5.92 Å². The van der Waals surface area contributed by atoms with Crippen LogP contribution in [0.3, 0.4) is 0 Å². The van der Waals surface area contributed by atoms with Gasteiger partial charge in [-0.25, -0.2) is 4.39 Å². The molecule has 1 fully saturated rings. The maximum absolute atomic E-state index is 13.9. The quantitative estimate of drug-likeness (QED) is 0.523. The fourth-order valence-electron chi connectivity index (χ4n) is 2.99. The van der Waals surface area contributed by atoms with Gasteiger partial charge >= 0.3 is 0 Å². The molecule has 0 atom stereocenters. The van der Waals surface area contributed by atoms with Crippen molar-refractivity contribution in [2.45, 2.75) is 33.0 Å². The fourth-order valence-corrected chi connectivity index (χ4v) is 2.99. The van der Waals surface area contributed by atoms with Gasteiger partial charge < -0.3 is 9.47 Å². The summed E-state index contributed by atoms with van der Waals surface area (Å²) in [6, 6.07) is 12.8. The first-order valence-electron chi connectivity index (χ1n) is 9.38. The molecule has 0 saturated carbocycles. The van der Waals surface area contributed by atoms with Crippen LogP contribution in [-0.4, -0.2) is 13.2 Å². The molecule has 2 nitrogen and oxygen atoms in total. The highest BCUT2D eigenvalue weighted by molar-refractivity contribution is 5.44. The van der Waals surface area contributed by atoms with E-state index in [-0.39, 0.29) is 12.1 Å². The number of benzene rings is 2. The SMILES string of the molecule is C/C=C/CCC1COC(c2ccc(C#Cc3ccc(C)cc3F)cc2)OC1. The van der Waals surface area contributed by atoms with Gasteiger partial charge in [-0.15, -0.1) is 0 Å². The van der Waals surface area contributed by atoms with E-state index in [1.807, 2.05) is 44.2 Å². The normalized spacial score (nSPS) is 19.7. The number of hydrogen-bond acceptors (Lipinski definition) is 2. The minimum atomic E-state index is -0.320. The third kappa shape index (κ3) is 5.53. The number of rotatable bonds is 4. The first-order chi connectivity index (χ1) is 13.2. The van der Waals surface area contributed by atoms with E-state index >= 15 is 0 Å². The zero-order chi connectivity index (χ0) is 19.1. The molecule has 0 unspecified atom stereocenters. The molecule has 0 radical (unpaired) electrons. The van der Waals surface area contributed by atoms with Crippen molar-refractivity contribution in [3.8, 4) is 11.8 Å². The van der Waals surface area contributed by atoms with Gasteiger partial charge in [0.25, 0.3) is 0 Å². The highest BCUT2D eigenvalue weighted by atomic mass is 19.1. The van der Waals surface area contributed by atoms with Crippen molar-refractivity contribution < 1.29 is 13.9 Å². The van der Waals surface area contributed by atoms with Crippen molar-refractivity contribution in [3.63, 3.8) is 0 Å². The van der Waals surface area contributed by atoms with Gasteiger partial charge in [0.15, 0.2) is 6.29 Å². The summed E-state index contributed by atoms with van der Waals surface area (Å²) < 4.78 is 25.6. The minimum absolute atomic E-state index is 0.285. The third-order valence-electron chi connectivity index (χ3n) is 4.59. The summed E-state index contributed by atoms with van der Waals surface area (Å²) in [7, 11) is 0. The molecule has 1 heterocycles. The molecule has 1 aliphatic rings. The molecule has 3 heteroatoms. The minimum Gasteiger partial charge on any atom is -0.348 e. The summed E-state index contributed by atoms with van der Waals surface area (Å²) in [6.07, 6.45) is 6.08. The standard InChI is InChI=1S/C24H25FO2/c1-3-4-5-6-20-16-26-24(27-17-20)22-13-9-19(10-14-22)8-12-21-11-7-18(2)15-23(21)25/h3-4,7,9-11,13-15,20,24H,5-6,16-17H2,1-2H3/b4-3+. The molecular weight excluding hydrogens is 339 g/mol. The summed E-state index contributed by atoms with van der Waals surface area (Å²) in [5, 5.41) is 0. The van der Waals surface area contributed by atoms with Gasteiger partial charge in [0.05, 0.1) is 18.8 Å². The summed E-state index contributed by atoms with van der Waals surface area (Å²) in [5.41, 5.74) is 3.11. The molecule has 0 N–H and O–H groups in total. The number of ether oxygens (including phenoxy) is 2. The first kappa shape index (κ1) is 19.4. The van der Waals surface area contributed by atoms with Crippen molar-refractivity contribution in [3.05, 3.63) is 82.7 Å². The topological polar surface area (TPSA) is 18.5 Å². The molecule has 0 aliphatic carbocycles. The molecule has 2 aromatic carbocycles. The van der Waals surface area contributed by atoms with Gasteiger partial charge in [-0.1, -0.05) is 42.2 Å². The van der Waals surface area contributed by atoms with Crippen molar-refractivity contribution in [1.29, 1.82) is 0 Å². The Kier molecular flexibility index (Phi) is 6.81. The highest BCUT2D eigenvalue weighted by Crippen LogP contribution is 2.27. The highest BCUT2D eigenvalue weighted by Gasteiger charge is 2.22. The summed E-state index contributed by atoms with van der Waals surface area (Å²) >= 11 is 0. The Morgan fingerprint density at radius 1 is 1.07 bits per heavy atom. The van der Waals surface area contributed by atoms with E-state index in [4.69, 9.17) is 9.47 Å². The smallest absolute Gasteiger partial charge is 0.183 e. The summed E-state index contributed by atoms with van der Waals surface area (Å²) in [6.45, 7) is 5.33. The zero-order valence-corrected chi connectivity index (χ0v) is 15.9. The predicted octanol–water partition coefficient (Wildman–Crippen LogP) is 5.55. The Bertz CT molecular complexity index is 835. The number of halogens is 1. The Morgan fingerprint density at radius 2 is 1.81 bits per heavy atom. The second kappa shape index (κ2) is 9.50. The van der Waals surface area contributed by atoms with E-state index in [9.17, 15) is 4.39 Å². The van der Waals surface area contributed by atoms with E-state index in [2.05, 4.69) is 24.0 Å². The lowest BCUT2D eigenvalue weighted by atomic mass is 10.0. The van der Waals surface area contributed by atoms with Crippen LogP contribution in [0.25, 0.3) is 0 Å². The largest absolute Gasteiger partial charge is 0.348 e. The lowest BCUT2D eigenvalue weighted by Crippen LogP contribution is -2.27. The molecule has 2 aromatic rings. The Balaban J connectivity index is 1.58. The summed E-state index contributed by atoms with van der Waals surface area (Å²) in [5.74, 6) is 6.07. The van der Waals surface area contributed by atoms with Crippen LogP contribution in [0.4, 0.5) is 4.39 Å². The lowest BCUT2D eigenvalue weighted by molar-refractivity contribution is -0.205. The second-order valence-corrected chi connectivity index (χ2v) is 6.87. The zero-order valence-electron chi connectivity index (χ0n) is 15.9. The van der Waals surface area contributed by atoms with Gasteiger partial charge in [-0.2, -0.15) is 0 Å². The third-order valence-corrected chi connectivity index (χ3v) is 4.59. The fraction of sp³-hybridized carbons (Fsp3) is 0.333. The van der Waals surface area contributed by atoms with Crippen LogP contribution in [0, 0.1) is 30.5 Å². The van der Waals surface area contributed by atoms with Crippen molar-refractivity contribution in [2.75, 3.05) is 13.2 Å². The average molecular weight is 364 g/mol. The Morgan fingerprint density at radius 3 is 2.48 bits per heavy atom. The van der Waals surface area contributed by atoms with E-state index in [0.717, 1.165) is 42.7 Å². The Hall–Kier alpha value is -2.41. The monoisotopic (exact) mass is 364 g/mol. The Labute approximate surface area is 161 Å². The number of allylic oxidation sites excluding steroid dienone is 2. The van der Waals surface area contributed by atoms with Gasteiger partial charge in [0.1, 0.15) is 5.82 Å². The van der Waals surface area contributed by atoms with Gasteiger partial charge in [0.2, 0.25) is 0 Å². The van der Waals surface area contributed by atoms with E-state index in [0.29, 0.717) is 11.5 Å². The maximum Gasteiger partial charge on any atom is 0.183 e. The first-order valence-corrected chi connectivity index (χ1v) is 9.38. The number of hydrogen-bond donors (Lipinski definition) is 0. The maximum atomic E-state index is 13.9. The van der Waals surface area contributed by atoms with Crippen molar-refractivity contribution in [1.82, 2.24) is 0 Å². The number of aryl methyl sites for hydroxylation is 1. The van der Waals surface area contributed by atoms with Gasteiger partial charge in [0, 0.05) is 17.0 Å². The lowest BCUT2D eigenvalue weighted by Gasteiger charge is -2.29. The van der Waals surface area contributed by atoms with Crippen molar-refractivity contribution >= 4 is 0 Å². The molecule has 1 aliphatic heterocycles. The molecule has 0 amide bonds. The average Bonchev–Trinajstić information content (AvgIpc) is 2.69. The molecule has 3 rings (SSSR count). The molecule has 0 spiro atoms. The van der Waals surface area contributed by atoms with Gasteiger partial charge in [-0.3, -0.25) is 0 Å². The van der Waals surface area contributed by atoms with Crippen LogP contribution in [0.5, 0.6) is 0 Å². The van der Waals surface area contributed by atoms with Gasteiger partial charge in [-0.05, 0) is 56.5 Å². The molecule has 0 aromatic heterocycles. The van der Waals surface area contributed by atoms with Crippen LogP contribution in [0.2, 0.25) is 0 Å². The molecular formula is C24H25FO2. The molecule has 27 heavy (non-hydrogen) atoms. The molecule has 1 saturated heterocycles. The van der Waals surface area contributed by atoms with Crippen LogP contribution in [0.15, 0.2) is 54.6 Å². The predicted molar refractivity (Wildman–Crippen MR) is 106 cm³/mol. The molecule has 0 bridgehead atoms. The summed E-state index contributed by atoms with van der Waals surface area (Å²) in [4.78, 5) is 0. The van der Waals surface area contributed by atoms with Crippen LogP contribution >= 0.6 is 0 Å².